The second-order valence-corrected chi connectivity index (χ2v) is 4.67. The lowest BCUT2D eigenvalue weighted by molar-refractivity contribution is -0.239. The van der Waals surface area contributed by atoms with Crippen molar-refractivity contribution in [2.45, 2.75) is 39.9 Å². The summed E-state index contributed by atoms with van der Waals surface area (Å²) in [5.41, 5.74) is 0.205. The number of hydrogen-bond acceptors (Lipinski definition) is 4. The minimum atomic E-state index is -0.351. The Balaban J connectivity index is 2.48. The first kappa shape index (κ1) is 14.2. The topological polar surface area (TPSA) is 44.8 Å². The first-order valence-corrected chi connectivity index (χ1v) is 6.09. The third-order valence-electron chi connectivity index (χ3n) is 3.09. The molecule has 0 saturated carbocycles. The van der Waals surface area contributed by atoms with Gasteiger partial charge in [0.25, 0.3) is 0 Å². The van der Waals surface area contributed by atoms with Gasteiger partial charge in [0.2, 0.25) is 0 Å². The van der Waals surface area contributed by atoms with Crippen molar-refractivity contribution in [3.8, 4) is 0 Å². The van der Waals surface area contributed by atoms with Crippen LogP contribution in [-0.4, -0.2) is 32.1 Å². The summed E-state index contributed by atoms with van der Waals surface area (Å²) in [6, 6.07) is 0. The molecule has 1 rings (SSSR count). The Labute approximate surface area is 103 Å². The molecule has 4 nitrogen and oxygen atoms in total. The lowest BCUT2D eigenvalue weighted by Crippen LogP contribution is -2.44. The summed E-state index contributed by atoms with van der Waals surface area (Å²) in [5, 5.41) is 0. The summed E-state index contributed by atoms with van der Waals surface area (Å²) >= 11 is 0. The SMILES string of the molecule is C=C(C)C(=O)OCC1(CC)COC(CC)OC1. The zero-order valence-corrected chi connectivity index (χ0v) is 11.0. The maximum absolute atomic E-state index is 11.4. The predicted octanol–water partition coefficient (Wildman–Crippen LogP) is 2.29. The zero-order chi connectivity index (χ0) is 12.9. The van der Waals surface area contributed by atoms with E-state index in [1.807, 2.05) is 13.8 Å². The van der Waals surface area contributed by atoms with Gasteiger partial charge in [0, 0.05) is 5.57 Å². The fraction of sp³-hybridized carbons (Fsp3) is 0.769. The van der Waals surface area contributed by atoms with Gasteiger partial charge in [-0.25, -0.2) is 4.79 Å². The predicted molar refractivity (Wildman–Crippen MR) is 64.5 cm³/mol. The molecule has 0 aliphatic carbocycles. The maximum atomic E-state index is 11.4. The molecule has 0 aromatic carbocycles. The number of esters is 1. The Morgan fingerprint density at radius 3 is 2.41 bits per heavy atom. The van der Waals surface area contributed by atoms with Gasteiger partial charge in [0.15, 0.2) is 6.29 Å². The van der Waals surface area contributed by atoms with Gasteiger partial charge in [-0.05, 0) is 19.8 Å². The molecule has 98 valence electrons. The van der Waals surface area contributed by atoms with E-state index in [1.165, 1.54) is 0 Å². The maximum Gasteiger partial charge on any atom is 0.333 e. The van der Waals surface area contributed by atoms with Crippen LogP contribution >= 0.6 is 0 Å². The van der Waals surface area contributed by atoms with E-state index in [-0.39, 0.29) is 17.7 Å². The fourth-order valence-electron chi connectivity index (χ4n) is 1.60. The van der Waals surface area contributed by atoms with Crippen LogP contribution in [0.25, 0.3) is 0 Å². The molecule has 0 radical (unpaired) electrons. The highest BCUT2D eigenvalue weighted by atomic mass is 16.7. The second kappa shape index (κ2) is 6.17. The molecule has 0 aromatic heterocycles. The summed E-state index contributed by atoms with van der Waals surface area (Å²) in [6.45, 7) is 10.7. The van der Waals surface area contributed by atoms with Gasteiger partial charge in [-0.3, -0.25) is 0 Å². The van der Waals surface area contributed by atoms with Crippen LogP contribution in [0.1, 0.15) is 33.6 Å². The lowest BCUT2D eigenvalue weighted by atomic mass is 9.87. The highest BCUT2D eigenvalue weighted by molar-refractivity contribution is 5.86. The lowest BCUT2D eigenvalue weighted by Gasteiger charge is -2.38. The van der Waals surface area contributed by atoms with Gasteiger partial charge in [0.05, 0.1) is 18.6 Å². The molecule has 1 aliphatic heterocycles. The van der Waals surface area contributed by atoms with Crippen LogP contribution in [0.15, 0.2) is 12.2 Å². The van der Waals surface area contributed by atoms with Crippen molar-refractivity contribution in [3.63, 3.8) is 0 Å². The Kier molecular flexibility index (Phi) is 5.15. The second-order valence-electron chi connectivity index (χ2n) is 4.67. The van der Waals surface area contributed by atoms with Crippen LogP contribution in [0.3, 0.4) is 0 Å². The third-order valence-corrected chi connectivity index (χ3v) is 3.09. The van der Waals surface area contributed by atoms with Crippen molar-refractivity contribution in [1.29, 1.82) is 0 Å². The van der Waals surface area contributed by atoms with Crippen LogP contribution in [0, 0.1) is 5.41 Å². The van der Waals surface area contributed by atoms with E-state index in [0.717, 1.165) is 12.8 Å². The molecule has 1 saturated heterocycles. The standard InChI is InChI=1S/C13H22O4/c1-5-11-15-7-13(6-2,8-16-11)9-17-12(14)10(3)4/h11H,3,5-9H2,1-2,4H3. The first-order chi connectivity index (χ1) is 8.03. The van der Waals surface area contributed by atoms with Crippen LogP contribution < -0.4 is 0 Å². The van der Waals surface area contributed by atoms with Crippen molar-refractivity contribution in [1.82, 2.24) is 0 Å². The van der Waals surface area contributed by atoms with E-state index in [9.17, 15) is 4.79 Å². The van der Waals surface area contributed by atoms with Gasteiger partial charge in [-0.2, -0.15) is 0 Å². The van der Waals surface area contributed by atoms with Gasteiger partial charge in [-0.1, -0.05) is 20.4 Å². The number of rotatable bonds is 5. The van der Waals surface area contributed by atoms with Crippen molar-refractivity contribution in [3.05, 3.63) is 12.2 Å². The Morgan fingerprint density at radius 1 is 1.41 bits per heavy atom. The van der Waals surface area contributed by atoms with E-state index < -0.39 is 0 Å². The average Bonchev–Trinajstić information content (AvgIpc) is 2.36. The third kappa shape index (κ3) is 3.82. The van der Waals surface area contributed by atoms with Gasteiger partial charge in [-0.15, -0.1) is 0 Å². The summed E-state index contributed by atoms with van der Waals surface area (Å²) in [6.07, 6.45) is 1.57. The largest absolute Gasteiger partial charge is 0.462 e. The molecule has 0 spiro atoms. The molecule has 0 N–H and O–H groups in total. The molecule has 0 amide bonds. The molecule has 17 heavy (non-hydrogen) atoms. The number of ether oxygens (including phenoxy) is 3. The molecule has 4 heteroatoms. The summed E-state index contributed by atoms with van der Waals surface area (Å²) in [4.78, 5) is 11.4. The molecule has 0 bridgehead atoms. The first-order valence-electron chi connectivity index (χ1n) is 6.09. The average molecular weight is 242 g/mol. The number of hydrogen-bond donors (Lipinski definition) is 0. The quantitative estimate of drug-likeness (QED) is 0.548. The molecular formula is C13H22O4. The summed E-state index contributed by atoms with van der Waals surface area (Å²) < 4.78 is 16.4. The molecule has 1 fully saturated rings. The van der Waals surface area contributed by atoms with E-state index in [2.05, 4.69) is 6.58 Å². The van der Waals surface area contributed by atoms with Gasteiger partial charge < -0.3 is 14.2 Å². The van der Waals surface area contributed by atoms with E-state index in [1.54, 1.807) is 6.92 Å². The number of carbonyl (C=O) groups is 1. The molecule has 1 aliphatic rings. The summed E-state index contributed by atoms with van der Waals surface area (Å²) in [7, 11) is 0. The Bertz CT molecular complexity index is 277. The van der Waals surface area contributed by atoms with E-state index in [0.29, 0.717) is 25.4 Å². The van der Waals surface area contributed by atoms with Crippen LogP contribution in [0.5, 0.6) is 0 Å². The summed E-state index contributed by atoms with van der Waals surface area (Å²) in [5.74, 6) is -0.351. The Hall–Kier alpha value is -0.870. The highest BCUT2D eigenvalue weighted by Gasteiger charge is 2.36. The Morgan fingerprint density at radius 2 is 2.00 bits per heavy atom. The molecular weight excluding hydrogens is 220 g/mol. The fourth-order valence-corrected chi connectivity index (χ4v) is 1.60. The van der Waals surface area contributed by atoms with Crippen LogP contribution in [-0.2, 0) is 19.0 Å². The highest BCUT2D eigenvalue weighted by Crippen LogP contribution is 2.29. The monoisotopic (exact) mass is 242 g/mol. The molecule has 0 atom stereocenters. The minimum absolute atomic E-state index is 0.119. The number of carbonyl (C=O) groups excluding carboxylic acids is 1. The van der Waals surface area contributed by atoms with Gasteiger partial charge in [0.1, 0.15) is 6.61 Å². The minimum Gasteiger partial charge on any atom is -0.462 e. The van der Waals surface area contributed by atoms with Crippen molar-refractivity contribution in [2.75, 3.05) is 19.8 Å². The van der Waals surface area contributed by atoms with Crippen LogP contribution in [0.4, 0.5) is 0 Å². The van der Waals surface area contributed by atoms with E-state index in [4.69, 9.17) is 14.2 Å². The van der Waals surface area contributed by atoms with Gasteiger partial charge >= 0.3 is 5.97 Å². The van der Waals surface area contributed by atoms with Crippen molar-refractivity contribution in [2.24, 2.45) is 5.41 Å². The van der Waals surface area contributed by atoms with Crippen molar-refractivity contribution >= 4 is 5.97 Å². The molecule has 1 heterocycles. The van der Waals surface area contributed by atoms with E-state index >= 15 is 0 Å². The van der Waals surface area contributed by atoms with Crippen molar-refractivity contribution < 1.29 is 19.0 Å². The zero-order valence-electron chi connectivity index (χ0n) is 11.0. The van der Waals surface area contributed by atoms with Crippen LogP contribution in [0.2, 0.25) is 0 Å². The smallest absolute Gasteiger partial charge is 0.333 e. The normalized spacial score (nSPS) is 28.8. The molecule has 0 aromatic rings. The molecule has 0 unspecified atom stereocenters.